The fraction of sp³-hybridized carbons (Fsp3) is 0.267. The van der Waals surface area contributed by atoms with Crippen molar-refractivity contribution < 1.29 is 4.74 Å². The number of nitrogens with two attached hydrogens (primary N) is 1. The summed E-state index contributed by atoms with van der Waals surface area (Å²) in [5.74, 6) is 6.53. The third-order valence-electron chi connectivity index (χ3n) is 3.18. The van der Waals surface area contributed by atoms with E-state index in [0.29, 0.717) is 0 Å². The molecule has 0 aliphatic heterocycles. The van der Waals surface area contributed by atoms with E-state index in [1.165, 1.54) is 0 Å². The fourth-order valence-corrected chi connectivity index (χ4v) is 2.50. The number of methoxy groups -OCH3 is 1. The van der Waals surface area contributed by atoms with Gasteiger partial charge in [-0.3, -0.25) is 16.3 Å². The van der Waals surface area contributed by atoms with Gasteiger partial charge >= 0.3 is 0 Å². The number of aryl methyl sites for hydroxylation is 1. The van der Waals surface area contributed by atoms with E-state index < -0.39 is 0 Å². The van der Waals surface area contributed by atoms with Crippen molar-refractivity contribution in [3.05, 3.63) is 57.8 Å². The van der Waals surface area contributed by atoms with Crippen molar-refractivity contribution in [2.75, 3.05) is 7.11 Å². The molecule has 4 nitrogen and oxygen atoms in total. The molecule has 1 unspecified atom stereocenters. The standard InChI is InChI=1S/C15H18BrN3O/c1-10-5-12(9-18-8-10)15(19-17)7-11-6-13(20-2)3-4-14(11)16/h3-6,8-9,15,19H,7,17H2,1-2H3. The third-order valence-corrected chi connectivity index (χ3v) is 3.95. The topological polar surface area (TPSA) is 60.2 Å². The van der Waals surface area contributed by atoms with E-state index >= 15 is 0 Å². The van der Waals surface area contributed by atoms with Gasteiger partial charge in [-0.2, -0.15) is 0 Å². The molecule has 0 radical (unpaired) electrons. The average molecular weight is 336 g/mol. The summed E-state index contributed by atoms with van der Waals surface area (Å²) in [6.07, 6.45) is 4.42. The van der Waals surface area contributed by atoms with Gasteiger partial charge < -0.3 is 4.74 Å². The molecule has 1 aromatic carbocycles. The lowest BCUT2D eigenvalue weighted by Gasteiger charge is -2.18. The molecule has 0 aliphatic carbocycles. The van der Waals surface area contributed by atoms with Gasteiger partial charge in [0, 0.05) is 16.9 Å². The van der Waals surface area contributed by atoms with E-state index in [2.05, 4.69) is 32.4 Å². The summed E-state index contributed by atoms with van der Waals surface area (Å²) in [5, 5.41) is 0. The van der Waals surface area contributed by atoms with Gasteiger partial charge in [0.25, 0.3) is 0 Å². The van der Waals surface area contributed by atoms with Gasteiger partial charge in [-0.05, 0) is 48.2 Å². The monoisotopic (exact) mass is 335 g/mol. The van der Waals surface area contributed by atoms with Crippen molar-refractivity contribution in [3.8, 4) is 5.75 Å². The molecule has 5 heteroatoms. The maximum absolute atomic E-state index is 5.70. The Morgan fingerprint density at radius 2 is 2.15 bits per heavy atom. The summed E-state index contributed by atoms with van der Waals surface area (Å²) < 4.78 is 6.31. The van der Waals surface area contributed by atoms with E-state index in [1.807, 2.05) is 37.5 Å². The number of hydrogen-bond donors (Lipinski definition) is 2. The number of hydrazine groups is 1. The Balaban J connectivity index is 2.26. The van der Waals surface area contributed by atoms with Crippen LogP contribution in [0.2, 0.25) is 0 Å². The Bertz CT molecular complexity index is 589. The molecule has 3 N–H and O–H groups in total. The molecule has 0 aliphatic rings. The first-order valence-corrected chi connectivity index (χ1v) is 7.13. The minimum Gasteiger partial charge on any atom is -0.497 e. The van der Waals surface area contributed by atoms with Crippen LogP contribution in [-0.4, -0.2) is 12.1 Å². The molecule has 0 saturated carbocycles. The van der Waals surface area contributed by atoms with Crippen LogP contribution in [0.5, 0.6) is 5.75 Å². The summed E-state index contributed by atoms with van der Waals surface area (Å²) in [6, 6.07) is 8.01. The van der Waals surface area contributed by atoms with E-state index in [-0.39, 0.29) is 6.04 Å². The third kappa shape index (κ3) is 3.56. The predicted octanol–water partition coefficient (Wildman–Crippen LogP) is 2.91. The zero-order valence-electron chi connectivity index (χ0n) is 11.6. The van der Waals surface area contributed by atoms with Gasteiger partial charge in [-0.15, -0.1) is 0 Å². The minimum atomic E-state index is 0.00538. The van der Waals surface area contributed by atoms with Crippen LogP contribution >= 0.6 is 15.9 Å². The molecule has 1 aromatic heterocycles. The Hall–Kier alpha value is -1.43. The molecule has 106 valence electrons. The van der Waals surface area contributed by atoms with Crippen molar-refractivity contribution in [2.45, 2.75) is 19.4 Å². The predicted molar refractivity (Wildman–Crippen MR) is 83.4 cm³/mol. The zero-order valence-corrected chi connectivity index (χ0v) is 13.1. The molecule has 1 heterocycles. The Morgan fingerprint density at radius 3 is 2.80 bits per heavy atom. The van der Waals surface area contributed by atoms with Gasteiger partial charge in [-0.1, -0.05) is 22.0 Å². The van der Waals surface area contributed by atoms with Gasteiger partial charge in [0.15, 0.2) is 0 Å². The molecule has 2 rings (SSSR count). The molecule has 0 bridgehead atoms. The molecular weight excluding hydrogens is 318 g/mol. The molecular formula is C15H18BrN3O. The maximum Gasteiger partial charge on any atom is 0.119 e. The van der Waals surface area contributed by atoms with Crippen LogP contribution in [0.25, 0.3) is 0 Å². The Kier molecular flexibility index (Phi) is 5.11. The summed E-state index contributed by atoms with van der Waals surface area (Å²) in [4.78, 5) is 4.22. The van der Waals surface area contributed by atoms with Gasteiger partial charge in [0.05, 0.1) is 13.2 Å². The summed E-state index contributed by atoms with van der Waals surface area (Å²) in [7, 11) is 1.66. The second-order valence-electron chi connectivity index (χ2n) is 4.68. The number of rotatable bonds is 5. The average Bonchev–Trinajstić information content (AvgIpc) is 2.46. The molecule has 0 amide bonds. The van der Waals surface area contributed by atoms with Crippen LogP contribution in [-0.2, 0) is 6.42 Å². The van der Waals surface area contributed by atoms with Crippen LogP contribution in [0.4, 0.5) is 0 Å². The highest BCUT2D eigenvalue weighted by Gasteiger charge is 2.13. The lowest BCUT2D eigenvalue weighted by molar-refractivity contribution is 0.413. The second kappa shape index (κ2) is 6.83. The molecule has 1 atom stereocenters. The van der Waals surface area contributed by atoms with Gasteiger partial charge in [0.1, 0.15) is 5.75 Å². The highest BCUT2D eigenvalue weighted by atomic mass is 79.9. The number of ether oxygens (including phenoxy) is 1. The number of nitrogens with one attached hydrogen (secondary N) is 1. The molecule has 2 aromatic rings. The van der Waals surface area contributed by atoms with Crippen LogP contribution < -0.4 is 16.0 Å². The van der Waals surface area contributed by atoms with E-state index in [1.54, 1.807) is 7.11 Å². The van der Waals surface area contributed by atoms with Gasteiger partial charge in [-0.25, -0.2) is 0 Å². The Labute approximate surface area is 127 Å². The maximum atomic E-state index is 5.70. The number of halogens is 1. The van der Waals surface area contributed by atoms with E-state index in [4.69, 9.17) is 10.6 Å². The Morgan fingerprint density at radius 1 is 1.35 bits per heavy atom. The highest BCUT2D eigenvalue weighted by Crippen LogP contribution is 2.27. The molecule has 20 heavy (non-hydrogen) atoms. The molecule has 0 fully saturated rings. The van der Waals surface area contributed by atoms with Crippen molar-refractivity contribution in [1.82, 2.24) is 10.4 Å². The lowest BCUT2D eigenvalue weighted by atomic mass is 10.00. The van der Waals surface area contributed by atoms with Crippen LogP contribution in [0.3, 0.4) is 0 Å². The van der Waals surface area contributed by atoms with Crippen LogP contribution in [0, 0.1) is 6.92 Å². The second-order valence-corrected chi connectivity index (χ2v) is 5.53. The molecule has 0 saturated heterocycles. The largest absolute Gasteiger partial charge is 0.497 e. The summed E-state index contributed by atoms with van der Waals surface area (Å²) in [6.45, 7) is 2.02. The summed E-state index contributed by atoms with van der Waals surface area (Å²) in [5.41, 5.74) is 6.18. The first kappa shape index (κ1) is 15.0. The number of benzene rings is 1. The van der Waals surface area contributed by atoms with Crippen LogP contribution in [0.1, 0.15) is 22.7 Å². The van der Waals surface area contributed by atoms with Crippen molar-refractivity contribution >= 4 is 15.9 Å². The lowest BCUT2D eigenvalue weighted by Crippen LogP contribution is -2.29. The van der Waals surface area contributed by atoms with Crippen molar-refractivity contribution in [1.29, 1.82) is 0 Å². The molecule has 0 spiro atoms. The first-order chi connectivity index (χ1) is 9.63. The van der Waals surface area contributed by atoms with E-state index in [0.717, 1.165) is 33.3 Å². The highest BCUT2D eigenvalue weighted by molar-refractivity contribution is 9.10. The fourth-order valence-electron chi connectivity index (χ4n) is 2.10. The minimum absolute atomic E-state index is 0.00538. The number of nitrogens with zero attached hydrogens (tertiary/aromatic N) is 1. The summed E-state index contributed by atoms with van der Waals surface area (Å²) >= 11 is 3.56. The first-order valence-electron chi connectivity index (χ1n) is 6.34. The number of aromatic nitrogens is 1. The van der Waals surface area contributed by atoms with Crippen LogP contribution in [0.15, 0.2) is 41.1 Å². The van der Waals surface area contributed by atoms with Gasteiger partial charge in [0.2, 0.25) is 0 Å². The normalized spacial score (nSPS) is 12.2. The zero-order chi connectivity index (χ0) is 14.5. The SMILES string of the molecule is COc1ccc(Br)c(CC(NN)c2cncc(C)c2)c1. The number of hydrogen-bond acceptors (Lipinski definition) is 4. The van der Waals surface area contributed by atoms with E-state index in [9.17, 15) is 0 Å². The van der Waals surface area contributed by atoms with Crippen molar-refractivity contribution in [3.63, 3.8) is 0 Å². The quantitative estimate of drug-likeness (QED) is 0.651. The number of pyridine rings is 1. The van der Waals surface area contributed by atoms with Crippen molar-refractivity contribution in [2.24, 2.45) is 5.84 Å². The smallest absolute Gasteiger partial charge is 0.119 e.